The third-order valence-corrected chi connectivity index (χ3v) is 2.30. The molecule has 0 bridgehead atoms. The molecule has 0 N–H and O–H groups in total. The molecule has 0 aromatic carbocycles. The second-order valence-electron chi connectivity index (χ2n) is 3.14. The Morgan fingerprint density at radius 2 is 2.40 bits per heavy atom. The quantitative estimate of drug-likeness (QED) is 0.456. The summed E-state index contributed by atoms with van der Waals surface area (Å²) in [6, 6.07) is 0. The van der Waals surface area contributed by atoms with E-state index in [-0.39, 0.29) is 17.8 Å². The second kappa shape index (κ2) is 2.04. The average Bonchev–Trinajstić information content (AvgIpc) is 2.35. The molecule has 0 aliphatic carbocycles. The van der Waals surface area contributed by atoms with Gasteiger partial charge < -0.3 is 9.64 Å². The fourth-order valence-electron chi connectivity index (χ4n) is 1.74. The molecule has 10 heavy (non-hydrogen) atoms. The van der Waals surface area contributed by atoms with Gasteiger partial charge in [-0.05, 0) is 7.05 Å². The summed E-state index contributed by atoms with van der Waals surface area (Å²) in [6.07, 6.45) is 0.206. The number of carbonyl (C=O) groups excluding carboxylic acids is 1. The molecule has 2 rings (SSSR count). The smallest absolute Gasteiger partial charge is 0.165 e. The Balaban J connectivity index is 2.12. The molecule has 3 nitrogen and oxygen atoms in total. The standard InChI is InChI=1S/C7H11NO2/c1-8-2-5-6(9)4-10-7(5)3-8/h5,7H,2-4H2,1H3. The molecule has 2 saturated heterocycles. The van der Waals surface area contributed by atoms with Crippen LogP contribution in [0.5, 0.6) is 0 Å². The first-order chi connectivity index (χ1) is 4.77. The number of ether oxygens (including phenoxy) is 1. The Kier molecular flexibility index (Phi) is 1.28. The van der Waals surface area contributed by atoms with Crippen molar-refractivity contribution in [3.63, 3.8) is 0 Å². The Morgan fingerprint density at radius 3 is 3.10 bits per heavy atom. The first-order valence-electron chi connectivity index (χ1n) is 3.60. The second-order valence-corrected chi connectivity index (χ2v) is 3.14. The van der Waals surface area contributed by atoms with E-state index in [1.54, 1.807) is 0 Å². The fraction of sp³-hybridized carbons (Fsp3) is 0.857. The molecule has 2 unspecified atom stereocenters. The molecule has 2 heterocycles. The lowest BCUT2D eigenvalue weighted by molar-refractivity contribution is -0.120. The number of rotatable bonds is 0. The summed E-state index contributed by atoms with van der Waals surface area (Å²) in [7, 11) is 2.02. The zero-order chi connectivity index (χ0) is 7.14. The van der Waals surface area contributed by atoms with E-state index >= 15 is 0 Å². The van der Waals surface area contributed by atoms with Gasteiger partial charge in [0.1, 0.15) is 6.61 Å². The maximum atomic E-state index is 11.0. The number of ketones is 1. The van der Waals surface area contributed by atoms with Gasteiger partial charge in [-0.2, -0.15) is 0 Å². The zero-order valence-corrected chi connectivity index (χ0v) is 6.04. The Morgan fingerprint density at radius 1 is 1.60 bits per heavy atom. The molecule has 0 amide bonds. The first kappa shape index (κ1) is 6.31. The molecule has 0 aromatic rings. The molecular formula is C7H11NO2. The van der Waals surface area contributed by atoms with Crippen LogP contribution in [0, 0.1) is 5.92 Å². The molecule has 0 saturated carbocycles. The summed E-state index contributed by atoms with van der Waals surface area (Å²) in [5.74, 6) is 0.472. The van der Waals surface area contributed by atoms with Gasteiger partial charge in [0.05, 0.1) is 12.0 Å². The summed E-state index contributed by atoms with van der Waals surface area (Å²) in [5, 5.41) is 0. The van der Waals surface area contributed by atoms with Crippen molar-refractivity contribution in [2.45, 2.75) is 6.10 Å². The molecule has 2 fully saturated rings. The third kappa shape index (κ3) is 0.777. The number of likely N-dealkylation sites (tertiary alicyclic amines) is 1. The van der Waals surface area contributed by atoms with Gasteiger partial charge in [-0.1, -0.05) is 0 Å². The number of likely N-dealkylation sites (N-methyl/N-ethyl adjacent to an activating group) is 1. The average molecular weight is 141 g/mol. The van der Waals surface area contributed by atoms with Crippen LogP contribution in [0.1, 0.15) is 0 Å². The lowest BCUT2D eigenvalue weighted by atomic mass is 10.1. The van der Waals surface area contributed by atoms with Crippen LogP contribution in [0.2, 0.25) is 0 Å². The molecule has 2 atom stereocenters. The normalized spacial score (nSPS) is 40.7. The summed E-state index contributed by atoms with van der Waals surface area (Å²) in [4.78, 5) is 13.2. The minimum Gasteiger partial charge on any atom is -0.368 e. The van der Waals surface area contributed by atoms with Crippen molar-refractivity contribution in [2.24, 2.45) is 5.92 Å². The van der Waals surface area contributed by atoms with Crippen LogP contribution in [0.3, 0.4) is 0 Å². The number of carbonyl (C=O) groups is 1. The summed E-state index contributed by atoms with van der Waals surface area (Å²) >= 11 is 0. The van der Waals surface area contributed by atoms with E-state index in [0.29, 0.717) is 6.61 Å². The maximum absolute atomic E-state index is 11.0. The van der Waals surface area contributed by atoms with Crippen molar-refractivity contribution in [3.8, 4) is 0 Å². The van der Waals surface area contributed by atoms with E-state index in [4.69, 9.17) is 4.74 Å². The topological polar surface area (TPSA) is 29.5 Å². The highest BCUT2D eigenvalue weighted by Crippen LogP contribution is 2.24. The number of Topliss-reactive ketones (excluding diaryl/α,β-unsaturated/α-hetero) is 1. The van der Waals surface area contributed by atoms with Crippen molar-refractivity contribution in [1.82, 2.24) is 4.90 Å². The van der Waals surface area contributed by atoms with Gasteiger partial charge >= 0.3 is 0 Å². The van der Waals surface area contributed by atoms with Gasteiger partial charge in [0.25, 0.3) is 0 Å². The largest absolute Gasteiger partial charge is 0.368 e. The molecular weight excluding hydrogens is 130 g/mol. The Labute approximate surface area is 60.0 Å². The fourth-order valence-corrected chi connectivity index (χ4v) is 1.74. The van der Waals surface area contributed by atoms with Crippen molar-refractivity contribution in [3.05, 3.63) is 0 Å². The molecule has 0 aromatic heterocycles. The highest BCUT2D eigenvalue weighted by Gasteiger charge is 2.41. The van der Waals surface area contributed by atoms with E-state index in [0.717, 1.165) is 13.1 Å². The summed E-state index contributed by atoms with van der Waals surface area (Å²) < 4.78 is 5.27. The maximum Gasteiger partial charge on any atom is 0.165 e. The van der Waals surface area contributed by atoms with Crippen LogP contribution in [-0.4, -0.2) is 43.5 Å². The molecule has 3 heteroatoms. The molecule has 56 valence electrons. The Bertz CT molecular complexity index is 169. The highest BCUT2D eigenvalue weighted by atomic mass is 16.5. The summed E-state index contributed by atoms with van der Waals surface area (Å²) in [5.41, 5.74) is 0. The van der Waals surface area contributed by atoms with Gasteiger partial charge in [0, 0.05) is 13.1 Å². The van der Waals surface area contributed by atoms with E-state index in [2.05, 4.69) is 4.90 Å². The van der Waals surface area contributed by atoms with Gasteiger partial charge in [-0.3, -0.25) is 4.79 Å². The van der Waals surface area contributed by atoms with Crippen molar-refractivity contribution in [1.29, 1.82) is 0 Å². The van der Waals surface area contributed by atoms with E-state index in [9.17, 15) is 4.79 Å². The van der Waals surface area contributed by atoms with E-state index in [1.165, 1.54) is 0 Å². The van der Waals surface area contributed by atoms with Crippen molar-refractivity contribution in [2.75, 3.05) is 26.7 Å². The van der Waals surface area contributed by atoms with Crippen molar-refractivity contribution < 1.29 is 9.53 Å². The van der Waals surface area contributed by atoms with Crippen LogP contribution in [0.4, 0.5) is 0 Å². The highest BCUT2D eigenvalue weighted by molar-refractivity contribution is 5.85. The van der Waals surface area contributed by atoms with Gasteiger partial charge in [-0.25, -0.2) is 0 Å². The van der Waals surface area contributed by atoms with Gasteiger partial charge in [-0.15, -0.1) is 0 Å². The van der Waals surface area contributed by atoms with Gasteiger partial charge in [0.15, 0.2) is 5.78 Å². The van der Waals surface area contributed by atoms with Crippen LogP contribution in [-0.2, 0) is 9.53 Å². The molecule has 0 spiro atoms. The van der Waals surface area contributed by atoms with Gasteiger partial charge in [0.2, 0.25) is 0 Å². The molecule has 2 aliphatic rings. The minimum atomic E-state index is 0.185. The van der Waals surface area contributed by atoms with Crippen LogP contribution >= 0.6 is 0 Å². The first-order valence-corrected chi connectivity index (χ1v) is 3.60. The zero-order valence-electron chi connectivity index (χ0n) is 6.04. The summed E-state index contributed by atoms with van der Waals surface area (Å²) in [6.45, 7) is 2.17. The van der Waals surface area contributed by atoms with Crippen LogP contribution in [0.25, 0.3) is 0 Å². The minimum absolute atomic E-state index is 0.185. The number of hydrogen-bond acceptors (Lipinski definition) is 3. The molecule has 0 radical (unpaired) electrons. The lowest BCUT2D eigenvalue weighted by Gasteiger charge is -2.06. The lowest BCUT2D eigenvalue weighted by Crippen LogP contribution is -2.19. The van der Waals surface area contributed by atoms with Crippen LogP contribution in [0.15, 0.2) is 0 Å². The predicted molar refractivity (Wildman–Crippen MR) is 35.7 cm³/mol. The van der Waals surface area contributed by atoms with Crippen LogP contribution < -0.4 is 0 Å². The predicted octanol–water partition coefficient (Wildman–Crippen LogP) is -0.484. The third-order valence-electron chi connectivity index (χ3n) is 2.30. The van der Waals surface area contributed by atoms with E-state index < -0.39 is 0 Å². The molecule has 2 aliphatic heterocycles. The SMILES string of the molecule is CN1CC2OCC(=O)C2C1. The Hall–Kier alpha value is -0.410. The van der Waals surface area contributed by atoms with Crippen molar-refractivity contribution >= 4 is 5.78 Å². The number of hydrogen-bond donors (Lipinski definition) is 0. The monoisotopic (exact) mass is 141 g/mol. The van der Waals surface area contributed by atoms with E-state index in [1.807, 2.05) is 7.05 Å². The number of nitrogens with zero attached hydrogens (tertiary/aromatic N) is 1. The number of fused-ring (bicyclic) bond motifs is 1.